The number of hydrogen-bond acceptors (Lipinski definition) is 4. The third-order valence-electron chi connectivity index (χ3n) is 3.92. The number of amidine groups is 1. The smallest absolute Gasteiger partial charge is 0.242 e. The van der Waals surface area contributed by atoms with E-state index in [1.807, 2.05) is 31.2 Å². The molecule has 1 N–H and O–H groups in total. The summed E-state index contributed by atoms with van der Waals surface area (Å²) in [5.74, 6) is -1.09. The maximum Gasteiger partial charge on any atom is 0.242 e. The number of halogens is 2. The van der Waals surface area contributed by atoms with Crippen LogP contribution in [0.2, 0.25) is 0 Å². The van der Waals surface area contributed by atoms with Crippen LogP contribution in [0.25, 0.3) is 0 Å². The second-order valence-corrected chi connectivity index (χ2v) is 7.79. The molecule has 5 nitrogen and oxygen atoms in total. The van der Waals surface area contributed by atoms with Crippen LogP contribution in [-0.4, -0.2) is 33.7 Å². The van der Waals surface area contributed by atoms with Crippen molar-refractivity contribution in [2.45, 2.75) is 18.6 Å². The second-order valence-electron chi connectivity index (χ2n) is 5.77. The molecule has 0 radical (unpaired) electrons. The molecule has 0 unspecified atom stereocenters. The Labute approximate surface area is 169 Å². The lowest BCUT2D eigenvalue weighted by Gasteiger charge is -2.13. The monoisotopic (exact) mass is 449 g/mol. The lowest BCUT2D eigenvalue weighted by atomic mass is 10.2. The Hall–Kier alpha value is -2.19. The topological polar surface area (TPSA) is 61.8 Å². The molecule has 1 fully saturated rings. The molecule has 27 heavy (non-hydrogen) atoms. The molecule has 2 amide bonds. The van der Waals surface area contributed by atoms with Crippen molar-refractivity contribution in [1.29, 1.82) is 0 Å². The molecule has 0 spiro atoms. The fraction of sp³-hybridized carbons (Fsp3) is 0.211. The summed E-state index contributed by atoms with van der Waals surface area (Å²) in [7, 11) is 0. The Morgan fingerprint density at radius 2 is 1.96 bits per heavy atom. The average Bonchev–Trinajstić information content (AvgIpc) is 2.93. The first-order chi connectivity index (χ1) is 13.0. The van der Waals surface area contributed by atoms with E-state index < -0.39 is 17.0 Å². The number of carbonyl (C=O) groups excluding carboxylic acids is 2. The number of carbonyl (C=O) groups is 2. The molecule has 3 rings (SSSR count). The largest absolute Gasteiger partial charge is 0.324 e. The number of amides is 2. The van der Waals surface area contributed by atoms with Gasteiger partial charge in [0.15, 0.2) is 5.17 Å². The van der Waals surface area contributed by atoms with Crippen LogP contribution >= 0.6 is 27.7 Å². The quantitative estimate of drug-likeness (QED) is 0.726. The van der Waals surface area contributed by atoms with Gasteiger partial charge in [-0.2, -0.15) is 0 Å². The van der Waals surface area contributed by atoms with Crippen molar-refractivity contribution in [3.05, 3.63) is 58.8 Å². The van der Waals surface area contributed by atoms with Gasteiger partial charge < -0.3 is 5.32 Å². The van der Waals surface area contributed by atoms with Crippen molar-refractivity contribution < 1.29 is 14.0 Å². The van der Waals surface area contributed by atoms with Gasteiger partial charge in [-0.3, -0.25) is 14.5 Å². The number of rotatable bonds is 5. The van der Waals surface area contributed by atoms with Crippen LogP contribution in [0.3, 0.4) is 0 Å². The zero-order chi connectivity index (χ0) is 19.4. The first kappa shape index (κ1) is 19.6. The summed E-state index contributed by atoms with van der Waals surface area (Å²) >= 11 is 4.69. The zero-order valence-electron chi connectivity index (χ0n) is 14.5. The van der Waals surface area contributed by atoms with Crippen molar-refractivity contribution >= 4 is 56.0 Å². The third-order valence-corrected chi connectivity index (χ3v) is 5.77. The molecule has 1 aliphatic rings. The number of nitrogens with zero attached hydrogens (tertiary/aromatic N) is 2. The molecule has 0 saturated carbocycles. The van der Waals surface area contributed by atoms with Gasteiger partial charge >= 0.3 is 0 Å². The van der Waals surface area contributed by atoms with Crippen LogP contribution in [-0.2, 0) is 9.59 Å². The summed E-state index contributed by atoms with van der Waals surface area (Å²) in [4.78, 5) is 31.0. The van der Waals surface area contributed by atoms with Crippen LogP contribution < -0.4 is 5.32 Å². The molecule has 2 aromatic carbocycles. The van der Waals surface area contributed by atoms with Crippen molar-refractivity contribution in [2.24, 2.45) is 4.99 Å². The van der Waals surface area contributed by atoms with Crippen LogP contribution in [0.5, 0.6) is 0 Å². The highest BCUT2D eigenvalue weighted by molar-refractivity contribution is 9.10. The van der Waals surface area contributed by atoms with Gasteiger partial charge in [0, 0.05) is 17.4 Å². The summed E-state index contributed by atoms with van der Waals surface area (Å²) < 4.78 is 14.5. The molecule has 8 heteroatoms. The SMILES string of the molecule is CCN1C(=O)[C@@H](CC(=O)Nc2ccccc2F)SC1=Nc1ccccc1Br. The predicted octanol–water partition coefficient (Wildman–Crippen LogP) is 4.57. The molecule has 0 aliphatic carbocycles. The number of anilines is 1. The maximum absolute atomic E-state index is 13.7. The molecule has 1 heterocycles. The fourth-order valence-electron chi connectivity index (χ4n) is 2.59. The molecule has 0 aromatic heterocycles. The number of para-hydroxylation sites is 2. The summed E-state index contributed by atoms with van der Waals surface area (Å²) in [6, 6.07) is 13.4. The minimum absolute atomic E-state index is 0.0523. The summed E-state index contributed by atoms with van der Waals surface area (Å²) in [6.45, 7) is 2.32. The molecular formula is C19H17BrFN3O2S. The van der Waals surface area contributed by atoms with Gasteiger partial charge in [-0.05, 0) is 47.1 Å². The van der Waals surface area contributed by atoms with Gasteiger partial charge in [-0.1, -0.05) is 36.0 Å². The van der Waals surface area contributed by atoms with Crippen molar-refractivity contribution in [1.82, 2.24) is 4.90 Å². The van der Waals surface area contributed by atoms with Gasteiger partial charge in [0.25, 0.3) is 0 Å². The second kappa shape index (κ2) is 8.67. The molecule has 1 atom stereocenters. The van der Waals surface area contributed by atoms with Gasteiger partial charge in [0.05, 0.1) is 11.4 Å². The van der Waals surface area contributed by atoms with E-state index in [0.717, 1.165) is 4.47 Å². The molecular weight excluding hydrogens is 433 g/mol. The van der Waals surface area contributed by atoms with Crippen molar-refractivity contribution in [3.8, 4) is 0 Å². The van der Waals surface area contributed by atoms with Crippen LogP contribution in [0.15, 0.2) is 58.0 Å². The lowest BCUT2D eigenvalue weighted by Crippen LogP contribution is -2.33. The Morgan fingerprint density at radius 3 is 2.67 bits per heavy atom. The highest BCUT2D eigenvalue weighted by Crippen LogP contribution is 2.33. The Bertz CT molecular complexity index is 906. The minimum Gasteiger partial charge on any atom is -0.324 e. The number of aliphatic imine (C=N–C) groups is 1. The lowest BCUT2D eigenvalue weighted by molar-refractivity contribution is -0.128. The van der Waals surface area contributed by atoms with Crippen molar-refractivity contribution in [2.75, 3.05) is 11.9 Å². The van der Waals surface area contributed by atoms with E-state index in [4.69, 9.17) is 0 Å². The maximum atomic E-state index is 13.7. The summed E-state index contributed by atoms with van der Waals surface area (Å²) in [6.07, 6.45) is -0.0523. The molecule has 0 bridgehead atoms. The number of hydrogen-bond donors (Lipinski definition) is 1. The fourth-order valence-corrected chi connectivity index (χ4v) is 4.18. The van der Waals surface area contributed by atoms with Crippen LogP contribution in [0.1, 0.15) is 13.3 Å². The van der Waals surface area contributed by atoms with Gasteiger partial charge in [0.2, 0.25) is 11.8 Å². The van der Waals surface area contributed by atoms with E-state index in [1.165, 1.54) is 23.9 Å². The van der Waals surface area contributed by atoms with Crippen LogP contribution in [0, 0.1) is 5.82 Å². The Kier molecular flexibility index (Phi) is 6.28. The minimum atomic E-state index is -0.585. The zero-order valence-corrected chi connectivity index (χ0v) is 16.9. The third kappa shape index (κ3) is 4.56. The Balaban J connectivity index is 1.74. The highest BCUT2D eigenvalue weighted by Gasteiger charge is 2.38. The van der Waals surface area contributed by atoms with E-state index in [-0.39, 0.29) is 18.0 Å². The predicted molar refractivity (Wildman–Crippen MR) is 110 cm³/mol. The molecule has 2 aromatic rings. The standard InChI is InChI=1S/C19H17BrFN3O2S/c1-2-24-18(26)16(11-17(25)22-15-10-6-4-8-13(15)21)27-19(24)23-14-9-5-3-7-12(14)20/h3-10,16H,2,11H2,1H3,(H,22,25)/t16-/m1/s1. The molecule has 1 aliphatic heterocycles. The average molecular weight is 450 g/mol. The normalized spacial score (nSPS) is 18.2. The number of thioether (sulfide) groups is 1. The van der Waals surface area contributed by atoms with Gasteiger partial charge in [-0.25, -0.2) is 9.38 Å². The van der Waals surface area contributed by atoms with E-state index >= 15 is 0 Å². The molecule has 1 saturated heterocycles. The van der Waals surface area contributed by atoms with E-state index in [1.54, 1.807) is 17.0 Å². The number of nitrogens with one attached hydrogen (secondary N) is 1. The summed E-state index contributed by atoms with van der Waals surface area (Å²) in [5.41, 5.74) is 0.815. The highest BCUT2D eigenvalue weighted by atomic mass is 79.9. The van der Waals surface area contributed by atoms with Gasteiger partial charge in [-0.15, -0.1) is 0 Å². The van der Waals surface area contributed by atoms with Crippen molar-refractivity contribution in [3.63, 3.8) is 0 Å². The van der Waals surface area contributed by atoms with Crippen LogP contribution in [0.4, 0.5) is 15.8 Å². The van der Waals surface area contributed by atoms with E-state index in [0.29, 0.717) is 17.4 Å². The van der Waals surface area contributed by atoms with Gasteiger partial charge in [0.1, 0.15) is 11.1 Å². The van der Waals surface area contributed by atoms with E-state index in [9.17, 15) is 14.0 Å². The number of benzene rings is 2. The first-order valence-electron chi connectivity index (χ1n) is 8.35. The van der Waals surface area contributed by atoms with E-state index in [2.05, 4.69) is 26.2 Å². The first-order valence-corrected chi connectivity index (χ1v) is 10.0. The summed E-state index contributed by atoms with van der Waals surface area (Å²) in [5, 5.41) is 2.49. The molecule has 140 valence electrons. The Morgan fingerprint density at radius 1 is 1.26 bits per heavy atom.